The van der Waals surface area contributed by atoms with Crippen LogP contribution >= 0.6 is 11.8 Å². The zero-order valence-electron chi connectivity index (χ0n) is 20.7. The Balaban J connectivity index is 1.32. The van der Waals surface area contributed by atoms with Crippen LogP contribution < -0.4 is 0 Å². The van der Waals surface area contributed by atoms with E-state index in [1.165, 1.54) is 70.6 Å². The Bertz CT molecular complexity index is 647. The molecule has 1 heterocycles. The van der Waals surface area contributed by atoms with E-state index in [1.807, 2.05) is 0 Å². The Hall–Kier alpha value is 0.310. The average Bonchev–Trinajstić information content (AvgIpc) is 3.28. The topological polar surface area (TPSA) is 12.5 Å². The molecule has 1 saturated heterocycles. The molecule has 0 aromatic rings. The lowest BCUT2D eigenvalue weighted by Gasteiger charge is -2.59. The molecule has 4 aliphatic carbocycles. The molecule has 0 N–H and O–H groups in total. The quantitative estimate of drug-likeness (QED) is 0.395. The molecule has 3 unspecified atom stereocenters. The van der Waals surface area contributed by atoms with E-state index in [-0.39, 0.29) is 5.60 Å². The second-order valence-electron chi connectivity index (χ2n) is 13.2. The Labute approximate surface area is 191 Å². The number of hydrogen-bond acceptors (Lipinski definition) is 2. The molecule has 2 heteroatoms. The van der Waals surface area contributed by atoms with Crippen LogP contribution in [-0.4, -0.2) is 23.2 Å². The highest BCUT2D eigenvalue weighted by Crippen LogP contribution is 2.74. The molecule has 0 amide bonds. The first-order valence-electron chi connectivity index (χ1n) is 13.5. The summed E-state index contributed by atoms with van der Waals surface area (Å²) in [6, 6.07) is 0. The molecule has 1 aliphatic heterocycles. The van der Waals surface area contributed by atoms with Gasteiger partial charge in [-0.05, 0) is 98.5 Å². The summed E-state index contributed by atoms with van der Waals surface area (Å²) < 4.78 is 6.71. The molecule has 5 fully saturated rings. The van der Waals surface area contributed by atoms with Gasteiger partial charge in [0.05, 0.1) is 6.10 Å². The van der Waals surface area contributed by atoms with E-state index in [4.69, 9.17) is 4.74 Å². The summed E-state index contributed by atoms with van der Waals surface area (Å²) in [7, 11) is 0. The lowest BCUT2D eigenvalue weighted by Crippen LogP contribution is -2.58. The van der Waals surface area contributed by atoms with Crippen molar-refractivity contribution in [2.45, 2.75) is 122 Å². The highest BCUT2D eigenvalue weighted by atomic mass is 32.2. The second-order valence-corrected chi connectivity index (χ2v) is 14.3. The molecule has 172 valence electrons. The maximum absolute atomic E-state index is 6.71. The van der Waals surface area contributed by atoms with Crippen molar-refractivity contribution in [2.75, 3.05) is 6.26 Å². The molecule has 30 heavy (non-hydrogen) atoms. The summed E-state index contributed by atoms with van der Waals surface area (Å²) in [6.45, 7) is 12.8. The van der Waals surface area contributed by atoms with Crippen LogP contribution in [0.2, 0.25) is 0 Å². The van der Waals surface area contributed by atoms with Crippen molar-refractivity contribution in [1.29, 1.82) is 0 Å². The normalized spacial score (nSPS) is 52.9. The molecule has 0 bridgehead atoms. The first-order valence-corrected chi connectivity index (χ1v) is 14.7. The Morgan fingerprint density at radius 1 is 0.967 bits per heavy atom. The van der Waals surface area contributed by atoms with E-state index in [2.05, 4.69) is 52.6 Å². The van der Waals surface area contributed by atoms with Crippen LogP contribution in [0.25, 0.3) is 0 Å². The van der Waals surface area contributed by atoms with Crippen LogP contribution in [0.4, 0.5) is 0 Å². The van der Waals surface area contributed by atoms with Gasteiger partial charge in [-0.3, -0.25) is 0 Å². The molecule has 1 nitrogen and oxygen atoms in total. The highest BCUT2D eigenvalue weighted by molar-refractivity contribution is 7.99. The Morgan fingerprint density at radius 3 is 2.50 bits per heavy atom. The van der Waals surface area contributed by atoms with E-state index in [0.29, 0.717) is 16.9 Å². The zero-order chi connectivity index (χ0) is 21.3. The molecule has 10 atom stereocenters. The van der Waals surface area contributed by atoms with Crippen molar-refractivity contribution in [2.24, 2.45) is 46.3 Å². The molecule has 0 aromatic carbocycles. The molecule has 4 saturated carbocycles. The molecule has 5 rings (SSSR count). The summed E-state index contributed by atoms with van der Waals surface area (Å²) >= 11 is 2.10. The number of epoxide rings is 1. The first-order chi connectivity index (χ1) is 14.2. The molecule has 0 aromatic heterocycles. The second kappa shape index (κ2) is 7.68. The maximum Gasteiger partial charge on any atom is 0.101 e. The summed E-state index contributed by atoms with van der Waals surface area (Å²) in [5, 5.41) is 0.844. The first kappa shape index (κ1) is 22.1. The van der Waals surface area contributed by atoms with Gasteiger partial charge in [0, 0.05) is 10.7 Å². The minimum absolute atomic E-state index is 0.274. The van der Waals surface area contributed by atoms with E-state index in [0.717, 1.165) is 40.8 Å². The maximum atomic E-state index is 6.71. The predicted molar refractivity (Wildman–Crippen MR) is 130 cm³/mol. The number of rotatable bonds is 6. The van der Waals surface area contributed by atoms with Crippen molar-refractivity contribution in [3.63, 3.8) is 0 Å². The van der Waals surface area contributed by atoms with Crippen molar-refractivity contribution >= 4 is 11.8 Å². The molecular formula is C28H48OS. The van der Waals surface area contributed by atoms with Gasteiger partial charge >= 0.3 is 0 Å². The minimum atomic E-state index is 0.274. The third-order valence-corrected chi connectivity index (χ3v) is 12.6. The summed E-state index contributed by atoms with van der Waals surface area (Å²) in [5.41, 5.74) is 1.35. The van der Waals surface area contributed by atoms with Crippen LogP contribution in [0.3, 0.4) is 0 Å². The zero-order valence-corrected chi connectivity index (χ0v) is 21.5. The lowest BCUT2D eigenvalue weighted by molar-refractivity contribution is -0.0993. The summed E-state index contributed by atoms with van der Waals surface area (Å²) in [4.78, 5) is 0. The number of hydrogen-bond donors (Lipinski definition) is 0. The van der Waals surface area contributed by atoms with Crippen LogP contribution in [-0.2, 0) is 4.74 Å². The fraction of sp³-hybridized carbons (Fsp3) is 1.00. The third kappa shape index (κ3) is 3.12. The number of fused-ring (bicyclic) bond motifs is 4. The van der Waals surface area contributed by atoms with Crippen LogP contribution in [0, 0.1) is 46.3 Å². The van der Waals surface area contributed by atoms with Crippen LogP contribution in [0.1, 0.15) is 105 Å². The van der Waals surface area contributed by atoms with Gasteiger partial charge < -0.3 is 4.74 Å². The van der Waals surface area contributed by atoms with Gasteiger partial charge in [0.25, 0.3) is 0 Å². The third-order valence-electron chi connectivity index (χ3n) is 11.6. The SMILES string of the molecule is CSC1CC[C@]2(C)[C@H]3CC[C@]4(C)[C@@H]([C@H](C)CCCC(C)C)CC[C@H]4[C@@H]3CC3OC32C1. The summed E-state index contributed by atoms with van der Waals surface area (Å²) in [5.74, 6) is 5.62. The smallest absolute Gasteiger partial charge is 0.101 e. The average molecular weight is 433 g/mol. The molecule has 0 radical (unpaired) electrons. The van der Waals surface area contributed by atoms with Crippen LogP contribution in [0.15, 0.2) is 0 Å². The van der Waals surface area contributed by atoms with E-state index in [9.17, 15) is 0 Å². The predicted octanol–water partition coefficient (Wildman–Crippen LogP) is 7.97. The van der Waals surface area contributed by atoms with Gasteiger partial charge in [-0.15, -0.1) is 0 Å². The monoisotopic (exact) mass is 432 g/mol. The van der Waals surface area contributed by atoms with Crippen molar-refractivity contribution < 1.29 is 4.74 Å². The Morgan fingerprint density at radius 2 is 1.77 bits per heavy atom. The number of thioether (sulfide) groups is 1. The van der Waals surface area contributed by atoms with Crippen LogP contribution in [0.5, 0.6) is 0 Å². The van der Waals surface area contributed by atoms with Crippen molar-refractivity contribution in [3.05, 3.63) is 0 Å². The fourth-order valence-corrected chi connectivity index (χ4v) is 10.6. The van der Waals surface area contributed by atoms with Crippen molar-refractivity contribution in [1.82, 2.24) is 0 Å². The minimum Gasteiger partial charge on any atom is -0.365 e. The fourth-order valence-electron chi connectivity index (χ4n) is 9.87. The highest BCUT2D eigenvalue weighted by Gasteiger charge is 2.76. The van der Waals surface area contributed by atoms with Gasteiger partial charge in [-0.1, -0.05) is 53.9 Å². The van der Waals surface area contributed by atoms with E-state index >= 15 is 0 Å². The Kier molecular flexibility index (Phi) is 5.66. The van der Waals surface area contributed by atoms with Gasteiger partial charge in [0.2, 0.25) is 0 Å². The standard InChI is InChI=1S/C28H48OS/c1-18(2)8-7-9-19(3)22-10-11-23-21-16-25-28(29-25)17-20(30-6)12-15-27(28,5)24(21)13-14-26(22,23)4/h18-25H,7-17H2,1-6H3/t19-,20?,21+,22-,23+,24+,25?,26-,27-,28?/m1/s1. The van der Waals surface area contributed by atoms with E-state index in [1.54, 1.807) is 0 Å². The number of ether oxygens (including phenoxy) is 1. The molecule has 5 aliphatic rings. The van der Waals surface area contributed by atoms with Gasteiger partial charge in [0.15, 0.2) is 0 Å². The lowest BCUT2D eigenvalue weighted by atomic mass is 9.44. The molecular weight excluding hydrogens is 384 g/mol. The summed E-state index contributed by atoms with van der Waals surface area (Å²) in [6.07, 6.45) is 18.8. The van der Waals surface area contributed by atoms with Gasteiger partial charge in [0.1, 0.15) is 5.60 Å². The van der Waals surface area contributed by atoms with E-state index < -0.39 is 0 Å². The van der Waals surface area contributed by atoms with Gasteiger partial charge in [-0.25, -0.2) is 0 Å². The van der Waals surface area contributed by atoms with Crippen molar-refractivity contribution in [3.8, 4) is 0 Å². The molecule has 1 spiro atoms. The van der Waals surface area contributed by atoms with Gasteiger partial charge in [-0.2, -0.15) is 11.8 Å². The largest absolute Gasteiger partial charge is 0.365 e.